The lowest BCUT2D eigenvalue weighted by Crippen LogP contribution is -2.42. The number of nitrogens with zero attached hydrogens (tertiary/aromatic N) is 4. The topological polar surface area (TPSA) is 64.3 Å². The van der Waals surface area contributed by atoms with Crippen LogP contribution in [-0.2, 0) is 24.6 Å². The van der Waals surface area contributed by atoms with Crippen molar-refractivity contribution < 1.29 is 18.0 Å². The molecule has 3 fully saturated rings. The molecule has 1 aliphatic carbocycles. The van der Waals surface area contributed by atoms with Crippen LogP contribution in [0.1, 0.15) is 42.5 Å². The zero-order chi connectivity index (χ0) is 25.4. The maximum atomic E-state index is 13.6. The van der Waals surface area contributed by atoms with Crippen molar-refractivity contribution in [3.63, 3.8) is 0 Å². The fourth-order valence-electron chi connectivity index (χ4n) is 5.82. The Labute approximate surface area is 209 Å². The summed E-state index contributed by atoms with van der Waals surface area (Å²) < 4.78 is 42.9. The first-order valence-corrected chi connectivity index (χ1v) is 12.7. The summed E-state index contributed by atoms with van der Waals surface area (Å²) in [6.45, 7) is 3.73. The van der Waals surface area contributed by atoms with Gasteiger partial charge >= 0.3 is 6.18 Å². The molecule has 1 aromatic carbocycles. The van der Waals surface area contributed by atoms with Crippen LogP contribution in [0.5, 0.6) is 0 Å². The molecule has 0 unspecified atom stereocenters. The van der Waals surface area contributed by atoms with Gasteiger partial charge in [0.1, 0.15) is 0 Å². The van der Waals surface area contributed by atoms with E-state index in [0.29, 0.717) is 24.7 Å². The zero-order valence-electron chi connectivity index (χ0n) is 20.5. The van der Waals surface area contributed by atoms with Crippen LogP contribution in [0.3, 0.4) is 0 Å². The number of rotatable bonds is 6. The third-order valence-corrected chi connectivity index (χ3v) is 8.09. The molecule has 0 bridgehead atoms. The molecule has 1 amide bonds. The van der Waals surface area contributed by atoms with Gasteiger partial charge in [0, 0.05) is 50.3 Å². The van der Waals surface area contributed by atoms with E-state index in [1.807, 2.05) is 24.2 Å². The van der Waals surface area contributed by atoms with Crippen molar-refractivity contribution in [1.82, 2.24) is 14.8 Å². The van der Waals surface area contributed by atoms with Crippen molar-refractivity contribution in [3.8, 4) is 6.07 Å². The second-order valence-corrected chi connectivity index (χ2v) is 10.5. The highest BCUT2D eigenvalue weighted by Gasteiger charge is 2.44. The van der Waals surface area contributed by atoms with E-state index in [-0.39, 0.29) is 29.3 Å². The van der Waals surface area contributed by atoms with E-state index in [1.165, 1.54) is 11.8 Å². The van der Waals surface area contributed by atoms with E-state index in [0.717, 1.165) is 51.4 Å². The molecule has 2 aliphatic heterocycles. The number of carbonyl (C=O) groups is 1. The van der Waals surface area contributed by atoms with Gasteiger partial charge in [0.15, 0.2) is 0 Å². The number of amides is 1. The molecule has 1 saturated carbocycles. The standard InChI is InChI=1S/C27H32F3N5O/c1-33-10-2-3-22(33)15-34-11-8-18(9-12-34)23-16-35(17-24(23)26(36)32-20-5-6-20)21-7-4-19(14-31)25(13-21)27(28,29)30/h2-4,7,10,13,18,20,23-24H,5-6,8-9,11-12,15-17H2,1H3,(H,32,36)/t23-,24+/m0/s1. The Morgan fingerprint density at radius 3 is 2.50 bits per heavy atom. The Morgan fingerprint density at radius 2 is 1.89 bits per heavy atom. The van der Waals surface area contributed by atoms with Gasteiger partial charge in [-0.05, 0) is 80.9 Å². The Hall–Kier alpha value is -2.99. The molecule has 2 atom stereocenters. The maximum Gasteiger partial charge on any atom is 0.417 e. The molecule has 0 radical (unpaired) electrons. The quantitative estimate of drug-likeness (QED) is 0.649. The molecule has 3 aliphatic rings. The molecule has 3 heterocycles. The van der Waals surface area contributed by atoms with E-state index < -0.39 is 11.7 Å². The van der Waals surface area contributed by atoms with Gasteiger partial charge in [-0.2, -0.15) is 18.4 Å². The number of hydrogen-bond donors (Lipinski definition) is 1. The number of hydrogen-bond acceptors (Lipinski definition) is 4. The number of likely N-dealkylation sites (tertiary alicyclic amines) is 1. The van der Waals surface area contributed by atoms with E-state index in [9.17, 15) is 18.0 Å². The number of piperidine rings is 1. The van der Waals surface area contributed by atoms with Crippen LogP contribution in [0, 0.1) is 29.1 Å². The molecule has 2 aromatic rings. The van der Waals surface area contributed by atoms with Gasteiger partial charge in [0.05, 0.1) is 23.1 Å². The van der Waals surface area contributed by atoms with E-state index >= 15 is 0 Å². The lowest BCUT2D eigenvalue weighted by Gasteiger charge is -2.36. The normalized spacial score (nSPS) is 23.6. The highest BCUT2D eigenvalue weighted by Crippen LogP contribution is 2.40. The number of alkyl halides is 3. The first-order chi connectivity index (χ1) is 17.2. The van der Waals surface area contributed by atoms with Gasteiger partial charge in [-0.1, -0.05) is 0 Å². The van der Waals surface area contributed by atoms with Crippen molar-refractivity contribution in [1.29, 1.82) is 5.26 Å². The average Bonchev–Trinajstić information content (AvgIpc) is 3.40. The minimum Gasteiger partial charge on any atom is -0.370 e. The third kappa shape index (κ3) is 5.24. The molecule has 2 saturated heterocycles. The molecule has 192 valence electrons. The van der Waals surface area contributed by atoms with Crippen LogP contribution in [0.2, 0.25) is 0 Å². The smallest absolute Gasteiger partial charge is 0.370 e. The molecular weight excluding hydrogens is 467 g/mol. The van der Waals surface area contributed by atoms with Crippen LogP contribution in [0.25, 0.3) is 0 Å². The van der Waals surface area contributed by atoms with Crippen molar-refractivity contribution in [2.75, 3.05) is 31.1 Å². The van der Waals surface area contributed by atoms with Crippen molar-refractivity contribution in [2.45, 2.75) is 44.4 Å². The van der Waals surface area contributed by atoms with Crippen molar-refractivity contribution in [2.24, 2.45) is 24.8 Å². The number of carbonyl (C=O) groups excluding carboxylic acids is 1. The fourth-order valence-corrected chi connectivity index (χ4v) is 5.82. The monoisotopic (exact) mass is 499 g/mol. The average molecular weight is 500 g/mol. The predicted molar refractivity (Wildman–Crippen MR) is 130 cm³/mol. The van der Waals surface area contributed by atoms with Crippen molar-refractivity contribution in [3.05, 3.63) is 53.3 Å². The molecular formula is C27H32F3N5O. The van der Waals surface area contributed by atoms with Gasteiger partial charge in [-0.3, -0.25) is 9.69 Å². The second-order valence-electron chi connectivity index (χ2n) is 10.5. The molecule has 36 heavy (non-hydrogen) atoms. The first-order valence-electron chi connectivity index (χ1n) is 12.7. The van der Waals surface area contributed by atoms with Gasteiger partial charge in [-0.15, -0.1) is 0 Å². The van der Waals surface area contributed by atoms with Crippen LogP contribution < -0.4 is 10.2 Å². The summed E-state index contributed by atoms with van der Waals surface area (Å²) in [6, 6.07) is 9.96. The van der Waals surface area contributed by atoms with Gasteiger partial charge in [0.25, 0.3) is 0 Å². The lowest BCUT2D eigenvalue weighted by atomic mass is 9.78. The van der Waals surface area contributed by atoms with Crippen LogP contribution >= 0.6 is 0 Å². The predicted octanol–water partition coefficient (Wildman–Crippen LogP) is 4.16. The van der Waals surface area contributed by atoms with E-state index in [2.05, 4.69) is 20.9 Å². The van der Waals surface area contributed by atoms with Crippen molar-refractivity contribution >= 4 is 11.6 Å². The largest absolute Gasteiger partial charge is 0.417 e. The maximum absolute atomic E-state index is 13.6. The summed E-state index contributed by atoms with van der Waals surface area (Å²) in [5, 5.41) is 12.3. The number of aryl methyl sites for hydroxylation is 1. The number of nitriles is 1. The zero-order valence-corrected chi connectivity index (χ0v) is 20.5. The summed E-state index contributed by atoms with van der Waals surface area (Å²) in [7, 11) is 2.05. The minimum absolute atomic E-state index is 0.0286. The first kappa shape index (κ1) is 24.7. The lowest BCUT2D eigenvalue weighted by molar-refractivity contribution is -0.137. The summed E-state index contributed by atoms with van der Waals surface area (Å²) in [4.78, 5) is 17.5. The fraction of sp³-hybridized carbons (Fsp3) is 0.556. The Bertz CT molecular complexity index is 1140. The number of benzene rings is 1. The SMILES string of the molecule is Cn1cccc1CN1CCC([C@@H]2CN(c3ccc(C#N)c(C(F)(F)F)c3)C[C@H]2C(=O)NC2CC2)CC1. The molecule has 1 N–H and O–H groups in total. The van der Waals surface area contributed by atoms with Crippen LogP contribution in [-0.4, -0.2) is 47.6 Å². The van der Waals surface area contributed by atoms with Gasteiger partial charge in [0.2, 0.25) is 5.91 Å². The highest BCUT2D eigenvalue weighted by molar-refractivity contribution is 5.81. The molecule has 6 nitrogen and oxygen atoms in total. The summed E-state index contributed by atoms with van der Waals surface area (Å²) in [6.07, 6.45) is 1.37. The summed E-state index contributed by atoms with van der Waals surface area (Å²) >= 11 is 0. The number of halogens is 3. The molecule has 9 heteroatoms. The van der Waals surface area contributed by atoms with E-state index in [4.69, 9.17) is 5.26 Å². The molecule has 1 aromatic heterocycles. The van der Waals surface area contributed by atoms with Gasteiger partial charge < -0.3 is 14.8 Å². The van der Waals surface area contributed by atoms with Crippen LogP contribution in [0.4, 0.5) is 18.9 Å². The Kier molecular flexibility index (Phi) is 6.73. The molecule has 5 rings (SSSR count). The summed E-state index contributed by atoms with van der Waals surface area (Å²) in [5.74, 6) is 0.210. The number of anilines is 1. The van der Waals surface area contributed by atoms with Gasteiger partial charge in [-0.25, -0.2) is 0 Å². The van der Waals surface area contributed by atoms with E-state index in [1.54, 1.807) is 12.1 Å². The number of aromatic nitrogens is 1. The highest BCUT2D eigenvalue weighted by atomic mass is 19.4. The number of nitrogens with one attached hydrogen (secondary N) is 1. The second kappa shape index (κ2) is 9.81. The van der Waals surface area contributed by atoms with Crippen LogP contribution in [0.15, 0.2) is 36.5 Å². The third-order valence-electron chi connectivity index (χ3n) is 8.09. The molecule has 0 spiro atoms. The summed E-state index contributed by atoms with van der Waals surface area (Å²) in [5.41, 5.74) is 0.396. The Morgan fingerprint density at radius 1 is 1.14 bits per heavy atom. The minimum atomic E-state index is -4.60. The Balaban J connectivity index is 1.32.